The Kier molecular flexibility index (Phi) is 7.33. The minimum absolute atomic E-state index is 0.128. The van der Waals surface area contributed by atoms with Gasteiger partial charge in [0.2, 0.25) is 0 Å². The molecule has 1 aromatic carbocycles. The van der Waals surface area contributed by atoms with E-state index in [-0.39, 0.29) is 23.3 Å². The van der Waals surface area contributed by atoms with E-state index < -0.39 is 12.1 Å². The van der Waals surface area contributed by atoms with Crippen molar-refractivity contribution in [2.45, 2.75) is 51.7 Å². The lowest BCUT2D eigenvalue weighted by Gasteiger charge is -2.30. The minimum atomic E-state index is -0.913. The molecule has 150 valence electrons. The Bertz CT molecular complexity index is 675. The smallest absolute Gasteiger partial charge is 0.342 e. The van der Waals surface area contributed by atoms with E-state index in [1.807, 2.05) is 0 Å². The molecule has 0 aliphatic heterocycles. The van der Waals surface area contributed by atoms with Crippen molar-refractivity contribution >= 4 is 11.9 Å². The molecule has 7 nitrogen and oxygen atoms in total. The summed E-state index contributed by atoms with van der Waals surface area (Å²) in [6.45, 7) is 3.70. The Morgan fingerprint density at radius 3 is 2.19 bits per heavy atom. The maximum absolute atomic E-state index is 12.6. The van der Waals surface area contributed by atoms with Crippen molar-refractivity contribution in [3.8, 4) is 17.2 Å². The molecule has 0 saturated heterocycles. The molecule has 0 unspecified atom stereocenters. The van der Waals surface area contributed by atoms with Gasteiger partial charge in [0.05, 0.1) is 21.3 Å². The van der Waals surface area contributed by atoms with Gasteiger partial charge in [-0.3, -0.25) is 4.79 Å². The fraction of sp³-hybridized carbons (Fsp3) is 0.600. The highest BCUT2D eigenvalue weighted by molar-refractivity contribution is 5.95. The number of carbonyl (C=O) groups excluding carboxylic acids is 2. The van der Waals surface area contributed by atoms with Crippen molar-refractivity contribution in [2.24, 2.45) is 5.92 Å². The Hall–Kier alpha value is -2.44. The Labute approximate surface area is 160 Å². The first-order valence-corrected chi connectivity index (χ1v) is 9.22. The molecule has 1 amide bonds. The van der Waals surface area contributed by atoms with E-state index in [4.69, 9.17) is 18.9 Å². The van der Waals surface area contributed by atoms with Crippen LogP contribution in [-0.2, 0) is 9.53 Å². The van der Waals surface area contributed by atoms with E-state index in [0.717, 1.165) is 19.3 Å². The van der Waals surface area contributed by atoms with Gasteiger partial charge < -0.3 is 24.3 Å². The summed E-state index contributed by atoms with van der Waals surface area (Å²) in [6, 6.07) is 3.15. The van der Waals surface area contributed by atoms with Crippen LogP contribution in [0.5, 0.6) is 17.2 Å². The zero-order valence-electron chi connectivity index (χ0n) is 16.7. The summed E-state index contributed by atoms with van der Waals surface area (Å²) in [7, 11) is 4.41. The largest absolute Gasteiger partial charge is 0.496 e. The average molecular weight is 379 g/mol. The highest BCUT2D eigenvalue weighted by Gasteiger charge is 2.27. The van der Waals surface area contributed by atoms with Crippen LogP contribution in [0.3, 0.4) is 0 Å². The average Bonchev–Trinajstić information content (AvgIpc) is 2.68. The van der Waals surface area contributed by atoms with E-state index in [1.54, 1.807) is 13.0 Å². The molecule has 2 rings (SSSR count). The molecule has 3 atom stereocenters. The SMILES string of the molecule is COc1cc(OC)c(C(=O)O[C@H](C)C(=O)N[C@@H]2CCCC[C@@H]2C)cc1OC. The van der Waals surface area contributed by atoms with Gasteiger partial charge in [-0.05, 0) is 25.7 Å². The van der Waals surface area contributed by atoms with Crippen LogP contribution in [0.15, 0.2) is 12.1 Å². The predicted molar refractivity (Wildman–Crippen MR) is 101 cm³/mol. The molecule has 1 fully saturated rings. The molecule has 1 saturated carbocycles. The van der Waals surface area contributed by atoms with Gasteiger partial charge in [0.25, 0.3) is 5.91 Å². The van der Waals surface area contributed by atoms with Gasteiger partial charge in [-0.15, -0.1) is 0 Å². The van der Waals surface area contributed by atoms with Gasteiger partial charge in [0, 0.05) is 18.2 Å². The second-order valence-electron chi connectivity index (χ2n) is 6.83. The lowest BCUT2D eigenvalue weighted by atomic mass is 9.86. The van der Waals surface area contributed by atoms with Crippen molar-refractivity contribution in [1.82, 2.24) is 5.32 Å². The maximum atomic E-state index is 12.6. The topological polar surface area (TPSA) is 83.1 Å². The number of nitrogens with one attached hydrogen (secondary N) is 1. The summed E-state index contributed by atoms with van der Waals surface area (Å²) < 4.78 is 21.0. The molecular weight excluding hydrogens is 350 g/mol. The summed E-state index contributed by atoms with van der Waals surface area (Å²) in [5.41, 5.74) is 0.167. The van der Waals surface area contributed by atoms with Gasteiger partial charge in [0.1, 0.15) is 11.3 Å². The third-order valence-electron chi connectivity index (χ3n) is 5.02. The standard InChI is InChI=1S/C20H29NO6/c1-12-8-6-7-9-15(12)21-19(22)13(2)27-20(23)14-10-17(25-4)18(26-5)11-16(14)24-3/h10-13,15H,6-9H2,1-5H3,(H,21,22)/t12-,13+,15+/m0/s1. The highest BCUT2D eigenvalue weighted by atomic mass is 16.6. The maximum Gasteiger partial charge on any atom is 0.342 e. The van der Waals surface area contributed by atoms with E-state index in [1.165, 1.54) is 33.8 Å². The normalized spacial score (nSPS) is 20.3. The van der Waals surface area contributed by atoms with Crippen LogP contribution >= 0.6 is 0 Å². The molecule has 0 heterocycles. The lowest BCUT2D eigenvalue weighted by Crippen LogP contribution is -2.46. The van der Waals surface area contributed by atoms with Gasteiger partial charge >= 0.3 is 5.97 Å². The number of ether oxygens (including phenoxy) is 4. The highest BCUT2D eigenvalue weighted by Crippen LogP contribution is 2.35. The number of rotatable bonds is 7. The van der Waals surface area contributed by atoms with Crippen LogP contribution in [0.2, 0.25) is 0 Å². The number of hydrogen-bond donors (Lipinski definition) is 1. The van der Waals surface area contributed by atoms with Gasteiger partial charge in [-0.2, -0.15) is 0 Å². The first-order chi connectivity index (χ1) is 12.9. The molecule has 1 N–H and O–H groups in total. The van der Waals surface area contributed by atoms with Gasteiger partial charge in [-0.1, -0.05) is 19.8 Å². The van der Waals surface area contributed by atoms with Crippen molar-refractivity contribution in [3.63, 3.8) is 0 Å². The number of hydrogen-bond acceptors (Lipinski definition) is 6. The monoisotopic (exact) mass is 379 g/mol. The van der Waals surface area contributed by atoms with Crippen molar-refractivity contribution in [1.29, 1.82) is 0 Å². The molecule has 0 spiro atoms. The predicted octanol–water partition coefficient (Wildman–Crippen LogP) is 2.95. The molecule has 1 aromatic rings. The quantitative estimate of drug-likeness (QED) is 0.734. The number of carbonyl (C=O) groups is 2. The summed E-state index contributed by atoms with van der Waals surface area (Å²) in [4.78, 5) is 25.0. The van der Waals surface area contributed by atoms with Gasteiger partial charge in [0.15, 0.2) is 17.6 Å². The molecule has 1 aliphatic rings. The fourth-order valence-corrected chi connectivity index (χ4v) is 3.30. The number of benzene rings is 1. The van der Waals surface area contributed by atoms with Crippen LogP contribution in [-0.4, -0.2) is 45.4 Å². The van der Waals surface area contributed by atoms with E-state index in [0.29, 0.717) is 17.4 Å². The van der Waals surface area contributed by atoms with Crippen LogP contribution in [0, 0.1) is 5.92 Å². The van der Waals surface area contributed by atoms with Crippen molar-refractivity contribution < 1.29 is 28.5 Å². The molecule has 0 bridgehead atoms. The fourth-order valence-electron chi connectivity index (χ4n) is 3.30. The molecule has 0 aromatic heterocycles. The first kappa shape index (κ1) is 20.9. The van der Waals surface area contributed by atoms with Crippen LogP contribution in [0.1, 0.15) is 49.9 Å². The second-order valence-corrected chi connectivity index (χ2v) is 6.83. The summed E-state index contributed by atoms with van der Waals surface area (Å²) in [6.07, 6.45) is 3.44. The number of methoxy groups -OCH3 is 3. The van der Waals surface area contributed by atoms with Crippen LogP contribution in [0.4, 0.5) is 0 Å². The minimum Gasteiger partial charge on any atom is -0.496 e. The van der Waals surface area contributed by atoms with E-state index in [2.05, 4.69) is 12.2 Å². The zero-order chi connectivity index (χ0) is 20.0. The molecule has 1 aliphatic carbocycles. The third kappa shape index (κ3) is 5.05. The summed E-state index contributed by atoms with van der Waals surface area (Å²) >= 11 is 0. The van der Waals surface area contributed by atoms with Crippen LogP contribution in [0.25, 0.3) is 0 Å². The Morgan fingerprint density at radius 2 is 1.59 bits per heavy atom. The molecule has 0 radical (unpaired) electrons. The van der Waals surface area contributed by atoms with E-state index >= 15 is 0 Å². The summed E-state index contributed by atoms with van der Waals surface area (Å²) in [5.74, 6) is 0.567. The zero-order valence-corrected chi connectivity index (χ0v) is 16.7. The molecule has 7 heteroatoms. The summed E-state index contributed by atoms with van der Waals surface area (Å²) in [5, 5.41) is 3.00. The lowest BCUT2D eigenvalue weighted by molar-refractivity contribution is -0.130. The number of esters is 1. The van der Waals surface area contributed by atoms with Crippen molar-refractivity contribution in [2.75, 3.05) is 21.3 Å². The Balaban J connectivity index is 2.08. The third-order valence-corrected chi connectivity index (χ3v) is 5.02. The Morgan fingerprint density at radius 1 is 1.00 bits per heavy atom. The van der Waals surface area contributed by atoms with Gasteiger partial charge in [-0.25, -0.2) is 4.79 Å². The molecular formula is C20H29NO6. The first-order valence-electron chi connectivity index (χ1n) is 9.22. The van der Waals surface area contributed by atoms with Crippen molar-refractivity contribution in [3.05, 3.63) is 17.7 Å². The number of amides is 1. The van der Waals surface area contributed by atoms with E-state index in [9.17, 15) is 9.59 Å². The molecule has 27 heavy (non-hydrogen) atoms. The second kappa shape index (κ2) is 9.48. The van der Waals surface area contributed by atoms with Crippen LogP contribution < -0.4 is 19.5 Å².